The van der Waals surface area contributed by atoms with E-state index in [1.54, 1.807) is 34.9 Å². The van der Waals surface area contributed by atoms with Crippen LogP contribution < -0.4 is 10.6 Å². The standard InChI is InChI=1S/C18H25N3O2S4/c1-12(2)25-8-9-26-18-21-14-5-4-13(10-16(14)27-18)20-17(23)15(19-11-22)6-7-24-3/h4-5,10-12,15H,6-9H2,1-3H3,(H,19,22)(H,20,23). The molecule has 0 spiro atoms. The Morgan fingerprint density at radius 1 is 1.30 bits per heavy atom. The Morgan fingerprint density at radius 3 is 2.81 bits per heavy atom. The number of carbonyl (C=O) groups is 2. The molecule has 0 aliphatic heterocycles. The molecule has 0 radical (unpaired) electrons. The van der Waals surface area contributed by atoms with E-state index in [0.717, 1.165) is 37.5 Å². The number of nitrogens with zero attached hydrogens (tertiary/aromatic N) is 1. The van der Waals surface area contributed by atoms with E-state index in [-0.39, 0.29) is 5.91 Å². The van der Waals surface area contributed by atoms with Crippen LogP contribution in [0.25, 0.3) is 10.2 Å². The molecule has 1 aromatic carbocycles. The highest BCUT2D eigenvalue weighted by molar-refractivity contribution is 8.04. The van der Waals surface area contributed by atoms with Crippen LogP contribution in [-0.2, 0) is 9.59 Å². The van der Waals surface area contributed by atoms with Crippen molar-refractivity contribution in [1.29, 1.82) is 0 Å². The van der Waals surface area contributed by atoms with Crippen molar-refractivity contribution < 1.29 is 9.59 Å². The second-order valence-corrected chi connectivity index (χ2v) is 11.1. The van der Waals surface area contributed by atoms with E-state index in [1.165, 1.54) is 0 Å². The highest BCUT2D eigenvalue weighted by Crippen LogP contribution is 2.31. The molecule has 1 aromatic heterocycles. The Balaban J connectivity index is 1.98. The lowest BCUT2D eigenvalue weighted by molar-refractivity contribution is -0.121. The normalized spacial score (nSPS) is 12.3. The first-order valence-electron chi connectivity index (χ1n) is 8.68. The lowest BCUT2D eigenvalue weighted by Gasteiger charge is -2.15. The Kier molecular flexibility index (Phi) is 9.81. The van der Waals surface area contributed by atoms with Crippen LogP contribution in [0.3, 0.4) is 0 Å². The summed E-state index contributed by atoms with van der Waals surface area (Å²) in [4.78, 5) is 27.8. The smallest absolute Gasteiger partial charge is 0.246 e. The van der Waals surface area contributed by atoms with Gasteiger partial charge in [-0.05, 0) is 41.9 Å². The molecule has 0 aliphatic rings. The molecule has 148 valence electrons. The molecule has 2 rings (SSSR count). The van der Waals surface area contributed by atoms with Crippen LogP contribution in [-0.4, -0.2) is 52.1 Å². The van der Waals surface area contributed by atoms with Gasteiger partial charge in [-0.3, -0.25) is 9.59 Å². The van der Waals surface area contributed by atoms with Gasteiger partial charge in [0, 0.05) is 17.2 Å². The SMILES string of the molecule is CSCCC(NC=O)C(=O)Nc1ccc2nc(SCCSC(C)C)sc2c1. The summed E-state index contributed by atoms with van der Waals surface area (Å²) in [6.07, 6.45) is 3.16. The summed E-state index contributed by atoms with van der Waals surface area (Å²) < 4.78 is 2.11. The van der Waals surface area contributed by atoms with Crippen molar-refractivity contribution in [3.8, 4) is 0 Å². The molecule has 1 atom stereocenters. The number of anilines is 1. The van der Waals surface area contributed by atoms with Crippen molar-refractivity contribution in [3.05, 3.63) is 18.2 Å². The molecule has 0 bridgehead atoms. The number of nitrogens with one attached hydrogen (secondary N) is 2. The minimum Gasteiger partial charge on any atom is -0.347 e. The van der Waals surface area contributed by atoms with Crippen molar-refractivity contribution in [1.82, 2.24) is 10.3 Å². The number of benzene rings is 1. The average Bonchev–Trinajstić information content (AvgIpc) is 3.04. The molecule has 1 unspecified atom stereocenters. The number of fused-ring (bicyclic) bond motifs is 1. The largest absolute Gasteiger partial charge is 0.347 e. The van der Waals surface area contributed by atoms with E-state index in [1.807, 2.05) is 36.2 Å². The topological polar surface area (TPSA) is 71.1 Å². The lowest BCUT2D eigenvalue weighted by atomic mass is 10.2. The Hall–Kier alpha value is -0.900. The molecule has 2 aromatic rings. The van der Waals surface area contributed by atoms with Gasteiger partial charge in [0.05, 0.1) is 10.2 Å². The Labute approximate surface area is 177 Å². The van der Waals surface area contributed by atoms with Crippen molar-refractivity contribution in [3.63, 3.8) is 0 Å². The van der Waals surface area contributed by atoms with Crippen LogP contribution in [0.2, 0.25) is 0 Å². The molecule has 0 saturated heterocycles. The van der Waals surface area contributed by atoms with Crippen LogP contribution in [0.5, 0.6) is 0 Å². The summed E-state index contributed by atoms with van der Waals surface area (Å²) in [6, 6.07) is 5.22. The van der Waals surface area contributed by atoms with Gasteiger partial charge in [-0.15, -0.1) is 11.3 Å². The fourth-order valence-electron chi connectivity index (χ4n) is 2.29. The summed E-state index contributed by atoms with van der Waals surface area (Å²) in [5, 5.41) is 6.15. The van der Waals surface area contributed by atoms with E-state index in [2.05, 4.69) is 29.5 Å². The molecule has 2 N–H and O–H groups in total. The van der Waals surface area contributed by atoms with Gasteiger partial charge in [0.25, 0.3) is 0 Å². The summed E-state index contributed by atoms with van der Waals surface area (Å²) in [5.41, 5.74) is 1.67. The molecule has 9 heteroatoms. The Bertz CT molecular complexity index is 751. The molecular formula is C18H25N3O2S4. The van der Waals surface area contributed by atoms with E-state index in [0.29, 0.717) is 18.1 Å². The number of hydrogen-bond donors (Lipinski definition) is 2. The predicted octanol–water partition coefficient (Wildman–Crippen LogP) is 4.34. The molecule has 1 heterocycles. The zero-order valence-electron chi connectivity index (χ0n) is 15.7. The van der Waals surface area contributed by atoms with Crippen LogP contribution in [0, 0.1) is 0 Å². The maximum absolute atomic E-state index is 12.4. The van der Waals surface area contributed by atoms with Crippen LogP contribution in [0.15, 0.2) is 22.5 Å². The van der Waals surface area contributed by atoms with Crippen molar-refractivity contribution in [2.24, 2.45) is 0 Å². The van der Waals surface area contributed by atoms with Gasteiger partial charge in [-0.25, -0.2) is 4.98 Å². The van der Waals surface area contributed by atoms with Crippen LogP contribution in [0.1, 0.15) is 20.3 Å². The summed E-state index contributed by atoms with van der Waals surface area (Å²) in [5.74, 6) is 2.77. The number of rotatable bonds is 12. The van der Waals surface area contributed by atoms with Gasteiger partial charge in [-0.1, -0.05) is 25.6 Å². The van der Waals surface area contributed by atoms with Gasteiger partial charge >= 0.3 is 0 Å². The Morgan fingerprint density at radius 2 is 2.11 bits per heavy atom. The fourth-order valence-corrected chi connectivity index (χ4v) is 5.78. The van der Waals surface area contributed by atoms with Gasteiger partial charge in [0.2, 0.25) is 12.3 Å². The second kappa shape index (κ2) is 11.8. The molecule has 2 amide bonds. The third-order valence-corrected chi connectivity index (χ3v) is 7.76. The third-order valence-electron chi connectivity index (χ3n) is 3.59. The van der Waals surface area contributed by atoms with Crippen LogP contribution >= 0.6 is 46.6 Å². The quantitative estimate of drug-likeness (QED) is 0.289. The number of hydrogen-bond acceptors (Lipinski definition) is 7. The summed E-state index contributed by atoms with van der Waals surface area (Å²) >= 11 is 7.02. The summed E-state index contributed by atoms with van der Waals surface area (Å²) in [7, 11) is 0. The lowest BCUT2D eigenvalue weighted by Crippen LogP contribution is -2.40. The first kappa shape index (κ1) is 22.4. The zero-order chi connectivity index (χ0) is 19.6. The maximum Gasteiger partial charge on any atom is 0.246 e. The van der Waals surface area contributed by atoms with Gasteiger partial charge in [0.1, 0.15) is 6.04 Å². The molecule has 27 heavy (non-hydrogen) atoms. The van der Waals surface area contributed by atoms with Crippen LogP contribution in [0.4, 0.5) is 5.69 Å². The molecule has 0 saturated carbocycles. The van der Waals surface area contributed by atoms with E-state index in [4.69, 9.17) is 0 Å². The minimum atomic E-state index is -0.517. The van der Waals surface area contributed by atoms with E-state index in [9.17, 15) is 9.59 Å². The second-order valence-electron chi connectivity index (χ2n) is 6.04. The van der Waals surface area contributed by atoms with E-state index < -0.39 is 6.04 Å². The maximum atomic E-state index is 12.4. The molecule has 0 fully saturated rings. The molecular weight excluding hydrogens is 418 g/mol. The van der Waals surface area contributed by atoms with E-state index >= 15 is 0 Å². The number of thiazole rings is 1. The predicted molar refractivity (Wildman–Crippen MR) is 123 cm³/mol. The zero-order valence-corrected chi connectivity index (χ0v) is 19.0. The third kappa shape index (κ3) is 7.56. The van der Waals surface area contributed by atoms with Crippen molar-refractivity contribution in [2.75, 3.05) is 28.8 Å². The first-order valence-corrected chi connectivity index (χ1v) is 12.9. The average molecular weight is 444 g/mol. The van der Waals surface area contributed by atoms with Crippen molar-refractivity contribution >= 4 is 74.8 Å². The van der Waals surface area contributed by atoms with Crippen molar-refractivity contribution in [2.45, 2.75) is 35.9 Å². The fraction of sp³-hybridized carbons (Fsp3) is 0.500. The first-order chi connectivity index (χ1) is 13.0. The number of amides is 2. The minimum absolute atomic E-state index is 0.194. The summed E-state index contributed by atoms with van der Waals surface area (Å²) in [6.45, 7) is 4.41. The number of aromatic nitrogens is 1. The van der Waals surface area contributed by atoms with Gasteiger partial charge in [-0.2, -0.15) is 23.5 Å². The molecule has 5 nitrogen and oxygen atoms in total. The number of carbonyl (C=O) groups excluding carboxylic acids is 2. The number of thioether (sulfide) groups is 3. The monoisotopic (exact) mass is 443 g/mol. The highest BCUT2D eigenvalue weighted by Gasteiger charge is 2.17. The van der Waals surface area contributed by atoms with Gasteiger partial charge < -0.3 is 10.6 Å². The molecule has 0 aliphatic carbocycles. The van der Waals surface area contributed by atoms with Gasteiger partial charge in [0.15, 0.2) is 4.34 Å². The highest BCUT2D eigenvalue weighted by atomic mass is 32.2.